The Hall–Kier alpha value is -0.300. The van der Waals surface area contributed by atoms with Crippen LogP contribution in [0.25, 0.3) is 0 Å². The summed E-state index contributed by atoms with van der Waals surface area (Å²) in [6.45, 7) is 8.71. The Morgan fingerprint density at radius 2 is 1.92 bits per heavy atom. The number of hydrogen-bond donors (Lipinski definition) is 0. The van der Waals surface area contributed by atoms with Crippen molar-refractivity contribution in [2.45, 2.75) is 33.1 Å². The topological polar surface area (TPSA) is 0 Å². The third-order valence-corrected chi connectivity index (χ3v) is 2.95. The van der Waals surface area contributed by atoms with Crippen molar-refractivity contribution < 1.29 is 0 Å². The highest BCUT2D eigenvalue weighted by atomic mass is 79.9. The molecule has 0 unspecified atom stereocenters. The molecular weight excluding hydrogens is 212 g/mol. The predicted molar refractivity (Wildman–Crippen MR) is 56.4 cm³/mol. The summed E-state index contributed by atoms with van der Waals surface area (Å²) in [6, 6.07) is 7.27. The molecule has 12 heavy (non-hydrogen) atoms. The van der Waals surface area contributed by atoms with E-state index in [0.29, 0.717) is 0 Å². The van der Waals surface area contributed by atoms with Crippen LogP contribution in [0.5, 0.6) is 0 Å². The second kappa shape index (κ2) is 3.21. The van der Waals surface area contributed by atoms with Gasteiger partial charge < -0.3 is 0 Å². The monoisotopic (exact) mass is 225 g/mol. The van der Waals surface area contributed by atoms with E-state index in [1.807, 2.05) is 6.07 Å². The minimum Gasteiger partial charge on any atom is -0.0567 e. The lowest BCUT2D eigenvalue weighted by atomic mass is 9.86. The number of rotatable bonds is 0. The summed E-state index contributed by atoms with van der Waals surface area (Å²) in [5, 5.41) is 0. The van der Waals surface area contributed by atoms with Crippen LogP contribution in [0, 0.1) is 13.0 Å². The Morgan fingerprint density at radius 3 is 2.33 bits per heavy atom. The molecule has 65 valence electrons. The molecule has 0 atom stereocenters. The summed E-state index contributed by atoms with van der Waals surface area (Å²) < 4.78 is 1.19. The molecule has 0 aliphatic heterocycles. The predicted octanol–water partition coefficient (Wildman–Crippen LogP) is 3.86. The molecule has 0 spiro atoms. The SMILES string of the molecule is Cc1[c]ccc(C(C)(C)C)c1Br. The van der Waals surface area contributed by atoms with E-state index in [4.69, 9.17) is 0 Å². The fraction of sp³-hybridized carbons (Fsp3) is 0.455. The first kappa shape index (κ1) is 9.79. The minimum atomic E-state index is 0.207. The zero-order valence-corrected chi connectivity index (χ0v) is 9.62. The standard InChI is InChI=1S/C11H14Br/c1-8-6-5-7-9(10(8)12)11(2,3)4/h5,7H,1-4H3. The van der Waals surface area contributed by atoms with Gasteiger partial charge in [0.05, 0.1) is 0 Å². The van der Waals surface area contributed by atoms with Crippen LogP contribution in [0.15, 0.2) is 16.6 Å². The lowest BCUT2D eigenvalue weighted by Crippen LogP contribution is -2.12. The molecule has 1 heteroatoms. The maximum Gasteiger partial charge on any atom is 0.0248 e. The van der Waals surface area contributed by atoms with Crippen molar-refractivity contribution in [1.29, 1.82) is 0 Å². The van der Waals surface area contributed by atoms with Gasteiger partial charge in [-0.3, -0.25) is 0 Å². The van der Waals surface area contributed by atoms with Crippen molar-refractivity contribution in [3.05, 3.63) is 33.8 Å². The first-order chi connectivity index (χ1) is 5.43. The molecular formula is C11H14Br. The molecule has 1 aromatic rings. The first-order valence-electron chi connectivity index (χ1n) is 4.10. The zero-order chi connectivity index (χ0) is 9.35. The average Bonchev–Trinajstić information content (AvgIpc) is 1.92. The van der Waals surface area contributed by atoms with E-state index in [1.54, 1.807) is 0 Å². The Labute approximate surface area is 83.1 Å². The maximum absolute atomic E-state index is 3.58. The molecule has 0 nitrogen and oxygen atoms in total. The van der Waals surface area contributed by atoms with Gasteiger partial charge in [0.15, 0.2) is 0 Å². The van der Waals surface area contributed by atoms with Crippen molar-refractivity contribution in [1.82, 2.24) is 0 Å². The van der Waals surface area contributed by atoms with Crippen LogP contribution in [-0.4, -0.2) is 0 Å². The second-order valence-electron chi connectivity index (χ2n) is 4.08. The van der Waals surface area contributed by atoms with Crippen LogP contribution >= 0.6 is 15.9 Å². The number of aryl methyl sites for hydroxylation is 1. The third kappa shape index (κ3) is 1.89. The fourth-order valence-corrected chi connectivity index (χ4v) is 2.01. The van der Waals surface area contributed by atoms with E-state index in [9.17, 15) is 0 Å². The summed E-state index contributed by atoms with van der Waals surface area (Å²) in [7, 11) is 0. The van der Waals surface area contributed by atoms with Gasteiger partial charge in [-0.05, 0) is 29.5 Å². The van der Waals surface area contributed by atoms with Gasteiger partial charge in [-0.25, -0.2) is 0 Å². The highest BCUT2D eigenvalue weighted by Crippen LogP contribution is 2.31. The van der Waals surface area contributed by atoms with E-state index < -0.39 is 0 Å². The maximum atomic E-state index is 3.58. The minimum absolute atomic E-state index is 0.207. The molecule has 1 radical (unpaired) electrons. The number of hydrogen-bond acceptors (Lipinski definition) is 0. The quantitative estimate of drug-likeness (QED) is 0.630. The molecule has 0 aromatic heterocycles. The van der Waals surface area contributed by atoms with Crippen molar-refractivity contribution >= 4 is 15.9 Å². The molecule has 1 aromatic carbocycles. The van der Waals surface area contributed by atoms with Crippen molar-refractivity contribution in [3.63, 3.8) is 0 Å². The van der Waals surface area contributed by atoms with E-state index in [0.717, 1.165) is 0 Å². The highest BCUT2D eigenvalue weighted by molar-refractivity contribution is 9.10. The van der Waals surface area contributed by atoms with Gasteiger partial charge in [0.25, 0.3) is 0 Å². The molecule has 0 aliphatic rings. The smallest absolute Gasteiger partial charge is 0.0248 e. The van der Waals surface area contributed by atoms with Gasteiger partial charge in [-0.2, -0.15) is 0 Å². The van der Waals surface area contributed by atoms with Crippen LogP contribution in [0.3, 0.4) is 0 Å². The molecule has 0 aliphatic carbocycles. The molecule has 0 amide bonds. The number of halogens is 1. The van der Waals surface area contributed by atoms with Gasteiger partial charge in [-0.15, -0.1) is 0 Å². The molecule has 0 N–H and O–H groups in total. The first-order valence-corrected chi connectivity index (χ1v) is 4.89. The van der Waals surface area contributed by atoms with Gasteiger partial charge in [0, 0.05) is 4.47 Å². The molecule has 0 saturated heterocycles. The Bertz CT molecular complexity index is 282. The van der Waals surface area contributed by atoms with Crippen molar-refractivity contribution in [3.8, 4) is 0 Å². The van der Waals surface area contributed by atoms with Gasteiger partial charge in [0.2, 0.25) is 0 Å². The Kier molecular flexibility index (Phi) is 2.62. The molecule has 0 heterocycles. The third-order valence-electron chi connectivity index (χ3n) is 1.92. The lowest BCUT2D eigenvalue weighted by Gasteiger charge is -2.21. The second-order valence-corrected chi connectivity index (χ2v) is 4.87. The summed E-state index contributed by atoms with van der Waals surface area (Å²) in [5.74, 6) is 0. The van der Waals surface area contributed by atoms with Crippen molar-refractivity contribution in [2.24, 2.45) is 0 Å². The summed E-state index contributed by atoms with van der Waals surface area (Å²) in [5.41, 5.74) is 2.74. The molecule has 0 fully saturated rings. The highest BCUT2D eigenvalue weighted by Gasteiger charge is 2.17. The molecule has 0 saturated carbocycles. The van der Waals surface area contributed by atoms with Crippen LogP contribution in [0.2, 0.25) is 0 Å². The lowest BCUT2D eigenvalue weighted by molar-refractivity contribution is 0.586. The van der Waals surface area contributed by atoms with E-state index in [2.05, 4.69) is 55.8 Å². The van der Waals surface area contributed by atoms with Gasteiger partial charge >= 0.3 is 0 Å². The normalized spacial score (nSPS) is 11.8. The zero-order valence-electron chi connectivity index (χ0n) is 8.03. The van der Waals surface area contributed by atoms with E-state index >= 15 is 0 Å². The Morgan fingerprint density at radius 1 is 1.33 bits per heavy atom. The largest absolute Gasteiger partial charge is 0.0567 e. The Balaban J connectivity index is 3.26. The van der Waals surface area contributed by atoms with Gasteiger partial charge in [-0.1, -0.05) is 48.8 Å². The van der Waals surface area contributed by atoms with Gasteiger partial charge in [0.1, 0.15) is 0 Å². The van der Waals surface area contributed by atoms with Crippen molar-refractivity contribution in [2.75, 3.05) is 0 Å². The van der Waals surface area contributed by atoms with E-state index in [-0.39, 0.29) is 5.41 Å². The molecule has 0 bridgehead atoms. The van der Waals surface area contributed by atoms with Crippen LogP contribution in [0.4, 0.5) is 0 Å². The van der Waals surface area contributed by atoms with Crippen LogP contribution in [0.1, 0.15) is 31.9 Å². The summed E-state index contributed by atoms with van der Waals surface area (Å²) >= 11 is 3.58. The average molecular weight is 226 g/mol. The van der Waals surface area contributed by atoms with Crippen LogP contribution in [-0.2, 0) is 5.41 Å². The summed E-state index contributed by atoms with van der Waals surface area (Å²) in [4.78, 5) is 0. The summed E-state index contributed by atoms with van der Waals surface area (Å²) in [6.07, 6.45) is 0. The number of benzene rings is 1. The van der Waals surface area contributed by atoms with E-state index in [1.165, 1.54) is 15.6 Å². The fourth-order valence-electron chi connectivity index (χ4n) is 1.17. The van der Waals surface area contributed by atoms with Crippen LogP contribution < -0.4 is 0 Å². The molecule has 1 rings (SSSR count).